The van der Waals surface area contributed by atoms with Gasteiger partial charge in [-0.1, -0.05) is 18.2 Å². The first-order valence-electron chi connectivity index (χ1n) is 6.95. The van der Waals surface area contributed by atoms with E-state index in [-0.39, 0.29) is 12.4 Å². The summed E-state index contributed by atoms with van der Waals surface area (Å²) in [4.78, 5) is 21.8. The molecular formula is C16H15FN3O4-. The van der Waals surface area contributed by atoms with E-state index in [0.717, 1.165) is 10.6 Å². The van der Waals surface area contributed by atoms with Gasteiger partial charge in [-0.15, -0.1) is 0 Å². The Morgan fingerprint density at radius 1 is 1.21 bits per heavy atom. The summed E-state index contributed by atoms with van der Waals surface area (Å²) in [6.07, 6.45) is 0. The second kappa shape index (κ2) is 7.82. The fourth-order valence-electron chi connectivity index (χ4n) is 1.95. The van der Waals surface area contributed by atoms with Crippen molar-refractivity contribution < 1.29 is 23.8 Å². The zero-order valence-corrected chi connectivity index (χ0v) is 12.6. The number of nitrogens with one attached hydrogen (secondary N) is 1. The lowest BCUT2D eigenvalue weighted by Gasteiger charge is -2.25. The highest BCUT2D eigenvalue weighted by atomic mass is 19.1. The fraction of sp³-hybridized carbons (Fsp3) is 0.125. The number of carboxylic acid groups (broad SMARTS) is 1. The monoisotopic (exact) mass is 332 g/mol. The van der Waals surface area contributed by atoms with Crippen LogP contribution in [0.1, 0.15) is 5.56 Å². The van der Waals surface area contributed by atoms with Gasteiger partial charge in [0, 0.05) is 6.07 Å². The number of anilines is 1. The molecule has 0 radical (unpaired) electrons. The van der Waals surface area contributed by atoms with Crippen LogP contribution in [0.25, 0.3) is 0 Å². The van der Waals surface area contributed by atoms with Crippen LogP contribution in [0.5, 0.6) is 5.75 Å². The van der Waals surface area contributed by atoms with Gasteiger partial charge in [-0.05, 0) is 29.8 Å². The molecule has 0 fully saturated rings. The number of hydrogen-bond acceptors (Lipinski definition) is 5. The number of carbonyl (C=O) groups excluding carboxylic acids is 2. The van der Waals surface area contributed by atoms with Gasteiger partial charge in [0.1, 0.15) is 18.2 Å². The number of aliphatic carboxylic acids is 1. The third kappa shape index (κ3) is 5.16. The molecule has 2 amide bonds. The average molecular weight is 332 g/mol. The number of carboxylic acids is 1. The molecule has 0 bridgehead atoms. The average Bonchev–Trinajstić information content (AvgIpc) is 2.53. The number of benzene rings is 2. The molecule has 3 N–H and O–H groups in total. The second-order valence-electron chi connectivity index (χ2n) is 4.85. The summed E-state index contributed by atoms with van der Waals surface area (Å²) in [6, 6.07) is 11.3. The van der Waals surface area contributed by atoms with Gasteiger partial charge in [0.15, 0.2) is 0 Å². The topological polar surface area (TPSA) is 108 Å². The molecule has 7 nitrogen and oxygen atoms in total. The summed E-state index contributed by atoms with van der Waals surface area (Å²) in [5.41, 5.74) is 8.34. The lowest BCUT2D eigenvalue weighted by atomic mass is 10.2. The highest BCUT2D eigenvalue weighted by Gasteiger charge is 2.10. The Labute approximate surface area is 137 Å². The third-order valence-electron chi connectivity index (χ3n) is 2.98. The minimum absolute atomic E-state index is 0.202. The molecule has 0 spiro atoms. The molecule has 0 heterocycles. The van der Waals surface area contributed by atoms with Crippen molar-refractivity contribution in [3.05, 3.63) is 59.9 Å². The maximum absolute atomic E-state index is 12.9. The van der Waals surface area contributed by atoms with Crippen molar-refractivity contribution >= 4 is 17.7 Å². The number of hydrogen-bond donors (Lipinski definition) is 2. The summed E-state index contributed by atoms with van der Waals surface area (Å²) in [7, 11) is 0. The molecule has 24 heavy (non-hydrogen) atoms. The molecule has 0 saturated heterocycles. The van der Waals surface area contributed by atoms with Crippen LogP contribution >= 0.6 is 0 Å². The maximum atomic E-state index is 12.9. The van der Waals surface area contributed by atoms with Gasteiger partial charge in [0.2, 0.25) is 0 Å². The molecule has 0 aliphatic rings. The lowest BCUT2D eigenvalue weighted by Crippen LogP contribution is -2.50. The van der Waals surface area contributed by atoms with Crippen LogP contribution in [-0.4, -0.2) is 18.5 Å². The van der Waals surface area contributed by atoms with Gasteiger partial charge >= 0.3 is 6.03 Å². The van der Waals surface area contributed by atoms with Gasteiger partial charge < -0.3 is 20.4 Å². The molecule has 2 rings (SSSR count). The molecule has 0 aliphatic heterocycles. The first kappa shape index (κ1) is 17.1. The van der Waals surface area contributed by atoms with Gasteiger partial charge in [0.25, 0.3) is 0 Å². The number of halogens is 1. The van der Waals surface area contributed by atoms with E-state index in [2.05, 4.69) is 5.43 Å². The van der Waals surface area contributed by atoms with E-state index in [4.69, 9.17) is 10.5 Å². The smallest absolute Gasteiger partial charge is 0.330 e. The third-order valence-corrected chi connectivity index (χ3v) is 2.98. The summed E-state index contributed by atoms with van der Waals surface area (Å²) >= 11 is 0. The Balaban J connectivity index is 2.09. The Morgan fingerprint density at radius 3 is 2.54 bits per heavy atom. The minimum Gasteiger partial charge on any atom is -0.548 e. The van der Waals surface area contributed by atoms with Crippen molar-refractivity contribution in [1.82, 2.24) is 5.43 Å². The number of carbonyl (C=O) groups is 2. The van der Waals surface area contributed by atoms with Crippen LogP contribution in [0.15, 0.2) is 48.5 Å². The lowest BCUT2D eigenvalue weighted by molar-refractivity contribution is -0.303. The number of urea groups is 1. The molecule has 0 aromatic heterocycles. The molecule has 8 heteroatoms. The highest BCUT2D eigenvalue weighted by Crippen LogP contribution is 2.21. The summed E-state index contributed by atoms with van der Waals surface area (Å²) in [6.45, 7) is -0.377. The molecule has 0 atom stereocenters. The number of ether oxygens (including phenoxy) is 1. The first-order valence-corrected chi connectivity index (χ1v) is 6.95. The quantitative estimate of drug-likeness (QED) is 0.720. The molecular weight excluding hydrogens is 317 g/mol. The summed E-state index contributed by atoms with van der Waals surface area (Å²) in [5, 5.41) is 11.8. The number of rotatable bonds is 7. The summed E-state index contributed by atoms with van der Waals surface area (Å²) < 4.78 is 18.4. The Morgan fingerprint density at radius 2 is 1.92 bits per heavy atom. The van der Waals surface area contributed by atoms with Gasteiger partial charge in [-0.25, -0.2) is 14.6 Å². The molecule has 0 unspecified atom stereocenters. The molecule has 0 aliphatic carbocycles. The van der Waals surface area contributed by atoms with E-state index in [9.17, 15) is 19.1 Å². The van der Waals surface area contributed by atoms with E-state index < -0.39 is 18.5 Å². The molecule has 126 valence electrons. The number of nitrogens with zero attached hydrogens (tertiary/aromatic N) is 1. The van der Waals surface area contributed by atoms with Crippen molar-refractivity contribution in [2.24, 2.45) is 5.73 Å². The highest BCUT2D eigenvalue weighted by molar-refractivity contribution is 5.78. The number of primary amides is 1. The van der Waals surface area contributed by atoms with E-state index in [0.29, 0.717) is 11.4 Å². The van der Waals surface area contributed by atoms with Crippen molar-refractivity contribution in [1.29, 1.82) is 0 Å². The standard InChI is InChI=1S/C16H16FN3O4/c17-12-6-4-11(5-7-12)10-24-14-3-1-2-13(8-14)20(9-15(21)22)19-16(18)23/h1-8H,9-10H2,(H,21,22)(H3,18,19,23)/p-1. The zero-order valence-electron chi connectivity index (χ0n) is 12.6. The van der Waals surface area contributed by atoms with Gasteiger partial charge in [-0.3, -0.25) is 5.01 Å². The maximum Gasteiger partial charge on any atom is 0.330 e. The summed E-state index contributed by atoms with van der Waals surface area (Å²) in [5.74, 6) is -1.29. The van der Waals surface area contributed by atoms with Crippen molar-refractivity contribution in [3.8, 4) is 5.75 Å². The van der Waals surface area contributed by atoms with Crippen molar-refractivity contribution in [3.63, 3.8) is 0 Å². The van der Waals surface area contributed by atoms with E-state index in [1.807, 2.05) is 0 Å². The van der Waals surface area contributed by atoms with Crippen LogP contribution in [0.4, 0.5) is 14.9 Å². The van der Waals surface area contributed by atoms with Crippen LogP contribution in [0.3, 0.4) is 0 Å². The van der Waals surface area contributed by atoms with Gasteiger partial charge in [0.05, 0.1) is 18.2 Å². The molecule has 0 saturated carbocycles. The van der Waals surface area contributed by atoms with Gasteiger partial charge in [-0.2, -0.15) is 0 Å². The van der Waals surface area contributed by atoms with Crippen LogP contribution in [0, 0.1) is 5.82 Å². The number of hydrazine groups is 1. The Bertz CT molecular complexity index is 706. The normalized spacial score (nSPS) is 10.0. The largest absolute Gasteiger partial charge is 0.548 e. The first-order chi connectivity index (χ1) is 11.4. The zero-order chi connectivity index (χ0) is 17.5. The van der Waals surface area contributed by atoms with E-state index >= 15 is 0 Å². The van der Waals surface area contributed by atoms with Crippen LogP contribution in [-0.2, 0) is 11.4 Å². The van der Waals surface area contributed by atoms with E-state index in [1.54, 1.807) is 30.3 Å². The molecule has 2 aromatic rings. The second-order valence-corrected chi connectivity index (χ2v) is 4.85. The van der Waals surface area contributed by atoms with Crippen molar-refractivity contribution in [2.45, 2.75) is 6.61 Å². The van der Waals surface area contributed by atoms with Crippen LogP contribution < -0.4 is 26.0 Å². The fourth-order valence-corrected chi connectivity index (χ4v) is 1.95. The SMILES string of the molecule is NC(=O)NN(CC(=O)[O-])c1cccc(OCc2ccc(F)cc2)c1. The number of nitrogens with two attached hydrogens (primary N) is 1. The Kier molecular flexibility index (Phi) is 5.56. The van der Waals surface area contributed by atoms with E-state index in [1.165, 1.54) is 18.2 Å². The number of amides is 2. The minimum atomic E-state index is -1.39. The Hall–Kier alpha value is -3.29. The van der Waals surface area contributed by atoms with Crippen LogP contribution in [0.2, 0.25) is 0 Å². The van der Waals surface area contributed by atoms with Crippen molar-refractivity contribution in [2.75, 3.05) is 11.6 Å². The molecule has 2 aromatic carbocycles. The predicted molar refractivity (Wildman–Crippen MR) is 82.2 cm³/mol. The predicted octanol–water partition coefficient (Wildman–Crippen LogP) is 0.544.